The van der Waals surface area contributed by atoms with Gasteiger partial charge in [-0.05, 0) is 102 Å². The molecule has 3 aromatic carbocycles. The summed E-state index contributed by atoms with van der Waals surface area (Å²) in [7, 11) is 1.52. The molecule has 1 saturated heterocycles. The molecule has 16 N–H and O–H groups in total. The summed E-state index contributed by atoms with van der Waals surface area (Å²) in [6.07, 6.45) is -3.32. The number of fused-ring (bicyclic) bond motifs is 15. The Hall–Kier alpha value is -7.78. The van der Waals surface area contributed by atoms with E-state index in [9.17, 15) is 64.5 Å². The largest absolute Gasteiger partial charge is 0.512 e. The molecule has 80 heavy (non-hydrogen) atoms. The van der Waals surface area contributed by atoms with E-state index in [0.717, 1.165) is 18.2 Å². The van der Waals surface area contributed by atoms with Crippen molar-refractivity contribution in [3.63, 3.8) is 0 Å². The molecule has 10 rings (SSSR count). The number of amides is 6. The van der Waals surface area contributed by atoms with Gasteiger partial charge in [0, 0.05) is 17.9 Å². The maximum Gasteiger partial charge on any atom is 0.330 e. The van der Waals surface area contributed by atoms with Crippen LogP contribution in [0.5, 0.6) is 28.7 Å². The molecule has 7 aliphatic rings. The van der Waals surface area contributed by atoms with Gasteiger partial charge in [-0.15, -0.1) is 0 Å². The van der Waals surface area contributed by atoms with Gasteiger partial charge in [0.05, 0.1) is 34.4 Å². The molecule has 11 atom stereocenters. The minimum atomic E-state index is -2.08. The smallest absolute Gasteiger partial charge is 0.330 e. The zero-order valence-corrected chi connectivity index (χ0v) is 45.0. The maximum atomic E-state index is 15.1. The molecule has 6 amide bonds. The van der Waals surface area contributed by atoms with Crippen LogP contribution in [0.1, 0.15) is 74.5 Å². The third-order valence-electron chi connectivity index (χ3n) is 14.0. The van der Waals surface area contributed by atoms with Crippen LogP contribution in [0.25, 0.3) is 0 Å². The summed E-state index contributed by atoms with van der Waals surface area (Å²) >= 11 is 19.6. The number of phenolic OH excluding ortho intramolecular Hbond substituents is 1. The lowest BCUT2D eigenvalue weighted by Gasteiger charge is -2.36. The second-order valence-electron chi connectivity index (χ2n) is 20.0. The fourth-order valence-electron chi connectivity index (χ4n) is 9.95. The molecule has 24 nitrogen and oxygen atoms in total. The molecule has 0 aromatic heterocycles. The minimum Gasteiger partial charge on any atom is -0.512 e. The molecule has 3 aromatic rings. The summed E-state index contributed by atoms with van der Waals surface area (Å²) in [4.78, 5) is 98.2. The Labute approximate surface area is 471 Å². The van der Waals surface area contributed by atoms with Gasteiger partial charge in [-0.3, -0.25) is 28.8 Å². The quantitative estimate of drug-likeness (QED) is 0.144. The van der Waals surface area contributed by atoms with Gasteiger partial charge in [0.2, 0.25) is 41.2 Å². The van der Waals surface area contributed by atoms with Crippen LogP contribution in [0.4, 0.5) is 0 Å². The Morgan fingerprint density at radius 2 is 1.39 bits per heavy atom. The number of allylic oxidation sites excluding steroid dienone is 3. The average molecular weight is 1160 g/mol. The number of rotatable bonds is 8. The summed E-state index contributed by atoms with van der Waals surface area (Å²) in [5.41, 5.74) is 4.85. The number of halogens is 2. The van der Waals surface area contributed by atoms with E-state index in [1.807, 2.05) is 13.8 Å². The van der Waals surface area contributed by atoms with E-state index >= 15 is 4.79 Å². The highest BCUT2D eigenvalue weighted by atomic mass is 35.5. The van der Waals surface area contributed by atoms with Gasteiger partial charge < -0.3 is 88.2 Å². The summed E-state index contributed by atoms with van der Waals surface area (Å²) < 4.78 is 12.4. The fourth-order valence-corrected chi connectivity index (χ4v) is 10.7. The van der Waals surface area contributed by atoms with Gasteiger partial charge in [0.1, 0.15) is 64.7 Å². The van der Waals surface area contributed by atoms with Gasteiger partial charge in [-0.25, -0.2) is 4.79 Å². The lowest BCUT2D eigenvalue weighted by atomic mass is 9.75. The number of thiocarbonyl (C=S) groups is 1. The predicted molar refractivity (Wildman–Crippen MR) is 288 cm³/mol. The number of hydrogen-bond acceptors (Lipinski definition) is 17. The molecular formula is C53H56Cl2N8O16S. The van der Waals surface area contributed by atoms with Gasteiger partial charge in [-0.1, -0.05) is 67.5 Å². The number of carbonyl (C=O) groups is 7. The van der Waals surface area contributed by atoms with Crippen molar-refractivity contribution >= 4 is 81.8 Å². The Balaban J connectivity index is 1.33. The van der Waals surface area contributed by atoms with Crippen LogP contribution in [0.3, 0.4) is 0 Å². The van der Waals surface area contributed by atoms with Crippen molar-refractivity contribution in [2.75, 3.05) is 7.05 Å². The van der Waals surface area contributed by atoms with Crippen LogP contribution in [-0.2, 0) is 33.6 Å². The molecule has 5 aliphatic heterocycles. The third-order valence-corrected chi connectivity index (χ3v) is 14.9. The third kappa shape index (κ3) is 12.3. The summed E-state index contributed by atoms with van der Waals surface area (Å²) in [5.74, 6) is -12.6. The Morgan fingerprint density at radius 1 is 0.762 bits per heavy atom. The number of benzene rings is 3. The second kappa shape index (κ2) is 23.9. The van der Waals surface area contributed by atoms with Gasteiger partial charge in [0.15, 0.2) is 17.5 Å². The molecular weight excluding hydrogens is 1110 g/mol. The Kier molecular flexibility index (Phi) is 17.4. The number of aromatic hydroxyl groups is 1. The number of carbonyl (C=O) groups excluding carboxylic acids is 6. The normalized spacial score (nSPS) is 26.5. The Morgan fingerprint density at radius 3 is 1.96 bits per heavy atom. The molecule has 5 heterocycles. The molecule has 11 bridgehead atoms. The van der Waals surface area contributed by atoms with Crippen molar-refractivity contribution in [3.8, 4) is 28.7 Å². The van der Waals surface area contributed by atoms with Crippen molar-refractivity contribution in [1.82, 2.24) is 37.2 Å². The van der Waals surface area contributed by atoms with Crippen molar-refractivity contribution in [2.45, 2.75) is 100 Å². The molecule has 1 fully saturated rings. The van der Waals surface area contributed by atoms with Gasteiger partial charge in [0.25, 0.3) is 0 Å². The molecule has 0 saturated carbocycles. The van der Waals surface area contributed by atoms with E-state index in [0.29, 0.717) is 6.42 Å². The van der Waals surface area contributed by atoms with Gasteiger partial charge in [-0.2, -0.15) is 0 Å². The number of nitrogens with two attached hydrogens (primary N) is 1. The minimum absolute atomic E-state index is 0.0134. The van der Waals surface area contributed by atoms with Crippen molar-refractivity contribution in [3.05, 3.63) is 122 Å². The molecule has 424 valence electrons. The van der Waals surface area contributed by atoms with Crippen LogP contribution in [0, 0.1) is 11.8 Å². The van der Waals surface area contributed by atoms with Crippen LogP contribution >= 0.6 is 35.4 Å². The van der Waals surface area contributed by atoms with E-state index in [1.54, 1.807) is 0 Å². The first-order valence-corrected chi connectivity index (χ1v) is 26.1. The van der Waals surface area contributed by atoms with Crippen molar-refractivity contribution in [2.24, 2.45) is 17.6 Å². The first-order chi connectivity index (χ1) is 37.8. The van der Waals surface area contributed by atoms with E-state index < -0.39 is 161 Å². The summed E-state index contributed by atoms with van der Waals surface area (Å²) in [6.45, 7) is 3.72. The predicted octanol–water partition coefficient (Wildman–Crippen LogP) is 2.26. The number of likely N-dealkylation sites (N-methyl/N-ethyl adjacent to an activating group) is 1. The highest BCUT2D eigenvalue weighted by Gasteiger charge is 2.44. The number of aliphatic hydroxyl groups excluding tert-OH is 5. The van der Waals surface area contributed by atoms with E-state index in [-0.39, 0.29) is 60.9 Å². The van der Waals surface area contributed by atoms with Crippen molar-refractivity contribution in [1.29, 1.82) is 0 Å². The summed E-state index contributed by atoms with van der Waals surface area (Å²) in [5, 5.41) is 97.9. The molecule has 0 spiro atoms. The Bertz CT molecular complexity index is 3220. The topological polar surface area (TPSA) is 390 Å². The number of primary amides is 1. The van der Waals surface area contributed by atoms with Crippen LogP contribution in [-0.4, -0.2) is 132 Å². The maximum absolute atomic E-state index is 15.1. The number of aliphatic carboxylic acids is 1. The number of nitrogens with one attached hydrogen (secondary N) is 7. The number of ether oxygens (including phenoxy) is 2. The lowest BCUT2D eigenvalue weighted by Crippen LogP contribution is -2.60. The average Bonchev–Trinajstić information content (AvgIpc) is 3.39. The van der Waals surface area contributed by atoms with Crippen molar-refractivity contribution < 1.29 is 78.8 Å². The number of carboxylic acid groups (broad SMARTS) is 1. The van der Waals surface area contributed by atoms with E-state index in [1.165, 1.54) is 55.6 Å². The van der Waals surface area contributed by atoms with Crippen LogP contribution in [0.15, 0.2) is 95.0 Å². The standard InChI is InChI=1S/C53H56Cl2N8O16S/c1-19(2)10-29(57-3)47(71)61-42-44(68)21-5-8-33(27(54)12-21)78-35-14-23-15-36(46(35)70)79-34-9-6-22(13-28(34)55)45(69)43-51(75)60-41(53(76)77)26-16-24(64)17-32(66)38(26)25-11-20(4-7-31(25)65)39(49(73)62-43)63-52(80)40(23)59-48(72)30(18-37(56)67)58-50(42)74/h4-9,12-16,19,24-25,29-30,39-45,57,64-66,68-70H,10-11,17-18H2,1-3H3,(H2,56,67)(H,58,74)(H,59,72)(H,60,75)(H,61,71)(H,62,73)(H,63,80)(H,76,77)/t24?,25?,29-,30+,39-,40-,41+,42-,43+,44-,45-/m1/s1. The first-order valence-electron chi connectivity index (χ1n) is 24.9. The van der Waals surface area contributed by atoms with E-state index in [4.69, 9.17) is 50.6 Å². The lowest BCUT2D eigenvalue weighted by molar-refractivity contribution is -0.142. The van der Waals surface area contributed by atoms with Crippen LogP contribution < -0.4 is 52.4 Å². The molecule has 2 unspecified atom stereocenters. The number of carboxylic acids is 1. The zero-order valence-electron chi connectivity index (χ0n) is 42.7. The molecule has 27 heteroatoms. The molecule has 2 aliphatic carbocycles. The van der Waals surface area contributed by atoms with Crippen LogP contribution in [0.2, 0.25) is 10.0 Å². The second-order valence-corrected chi connectivity index (χ2v) is 21.3. The molecule has 0 radical (unpaired) electrons. The highest BCUT2D eigenvalue weighted by Crippen LogP contribution is 2.47. The number of phenols is 1. The van der Waals surface area contributed by atoms with E-state index in [2.05, 4.69) is 37.2 Å². The first kappa shape index (κ1) is 58.4. The number of hydrogen-bond donors (Lipinski definition) is 15. The fraction of sp³-hybridized carbons (Fsp3) is 0.358. The zero-order chi connectivity index (χ0) is 58.2. The SMILES string of the molecule is CN[C@H](CC(C)C)C(=O)N[C@H]1C(=O)N[C@@H](CC(N)=O)C(=O)N[C@H]2C(=S)N[C@H]3C(=O)N[C@H](C(=O)N[C@H](C(=O)O)C4=CC(O)CC(O)=C4C4CC3=CC=C4O)[C@H](O)c3ccc(c(Cl)c3)Oc3cc2cc(c3O)Oc2ccc(cc2Cl)[C@H]1O. The highest BCUT2D eigenvalue weighted by molar-refractivity contribution is 7.80. The van der Waals surface area contributed by atoms with Gasteiger partial charge >= 0.3 is 5.97 Å². The monoisotopic (exact) mass is 1160 g/mol. The number of aliphatic hydroxyl groups is 5. The summed E-state index contributed by atoms with van der Waals surface area (Å²) in [6, 6.07) is -2.56.